The zero-order valence-corrected chi connectivity index (χ0v) is 13.9. The van der Waals surface area contributed by atoms with Crippen molar-refractivity contribution in [2.45, 2.75) is 39.7 Å². The topological polar surface area (TPSA) is 59.8 Å². The number of amides is 1. The predicted molar refractivity (Wildman–Crippen MR) is 86.3 cm³/mol. The lowest BCUT2D eigenvalue weighted by molar-refractivity contribution is -0.124. The van der Waals surface area contributed by atoms with Gasteiger partial charge in [-0.3, -0.25) is 14.5 Å². The van der Waals surface area contributed by atoms with Crippen LogP contribution in [0.2, 0.25) is 0 Å². The van der Waals surface area contributed by atoms with Crippen LogP contribution in [-0.2, 0) is 11.8 Å². The maximum atomic E-state index is 12.7. The standard InChI is InChI=1S/C17H24N4O/c1-11(2)16(14-6-8-18-9-7-14)17(22)19-12(3)15-10-21(5)20-13(15)4/h6-12,16H,1-5H3,(H,19,22)/t12-,16+/m1/s1. The second-order valence-electron chi connectivity index (χ2n) is 6.08. The summed E-state index contributed by atoms with van der Waals surface area (Å²) in [7, 11) is 1.89. The third-order valence-electron chi connectivity index (χ3n) is 3.89. The van der Waals surface area contributed by atoms with Gasteiger partial charge in [-0.2, -0.15) is 5.10 Å². The molecule has 2 atom stereocenters. The number of nitrogens with zero attached hydrogens (tertiary/aromatic N) is 3. The van der Waals surface area contributed by atoms with E-state index in [4.69, 9.17) is 0 Å². The van der Waals surface area contributed by atoms with E-state index in [0.29, 0.717) is 0 Å². The Balaban J connectivity index is 2.17. The molecule has 0 saturated carbocycles. The fourth-order valence-electron chi connectivity index (χ4n) is 2.83. The molecule has 0 aromatic carbocycles. The minimum atomic E-state index is -0.178. The van der Waals surface area contributed by atoms with Crippen molar-refractivity contribution in [2.75, 3.05) is 0 Å². The van der Waals surface area contributed by atoms with Gasteiger partial charge in [0.05, 0.1) is 17.7 Å². The largest absolute Gasteiger partial charge is 0.349 e. The molecule has 2 aromatic rings. The number of hydrogen-bond acceptors (Lipinski definition) is 3. The number of aryl methyl sites for hydroxylation is 2. The fraction of sp³-hybridized carbons (Fsp3) is 0.471. The van der Waals surface area contributed by atoms with Gasteiger partial charge < -0.3 is 5.32 Å². The maximum absolute atomic E-state index is 12.7. The third-order valence-corrected chi connectivity index (χ3v) is 3.89. The van der Waals surface area contributed by atoms with Crippen LogP contribution in [0.15, 0.2) is 30.7 Å². The van der Waals surface area contributed by atoms with Crippen LogP contribution < -0.4 is 5.32 Å². The van der Waals surface area contributed by atoms with E-state index in [0.717, 1.165) is 16.8 Å². The van der Waals surface area contributed by atoms with Gasteiger partial charge in [-0.15, -0.1) is 0 Å². The van der Waals surface area contributed by atoms with Crippen molar-refractivity contribution in [1.29, 1.82) is 0 Å². The van der Waals surface area contributed by atoms with E-state index >= 15 is 0 Å². The summed E-state index contributed by atoms with van der Waals surface area (Å²) >= 11 is 0. The Morgan fingerprint density at radius 3 is 2.36 bits per heavy atom. The first-order valence-electron chi connectivity index (χ1n) is 7.60. The highest BCUT2D eigenvalue weighted by Gasteiger charge is 2.26. The van der Waals surface area contributed by atoms with Gasteiger partial charge in [-0.1, -0.05) is 13.8 Å². The summed E-state index contributed by atoms with van der Waals surface area (Å²) in [6, 6.07) is 3.75. The Bertz CT molecular complexity index is 633. The van der Waals surface area contributed by atoms with E-state index in [-0.39, 0.29) is 23.8 Å². The minimum absolute atomic E-state index is 0.0388. The summed E-state index contributed by atoms with van der Waals surface area (Å²) in [5, 5.41) is 7.45. The first kappa shape index (κ1) is 16.2. The Morgan fingerprint density at radius 1 is 1.23 bits per heavy atom. The summed E-state index contributed by atoms with van der Waals surface area (Å²) in [4.78, 5) is 16.8. The highest BCUT2D eigenvalue weighted by Crippen LogP contribution is 2.26. The minimum Gasteiger partial charge on any atom is -0.349 e. The van der Waals surface area contributed by atoms with E-state index in [2.05, 4.69) is 29.2 Å². The lowest BCUT2D eigenvalue weighted by atomic mass is 9.88. The Morgan fingerprint density at radius 2 is 1.86 bits per heavy atom. The van der Waals surface area contributed by atoms with Crippen molar-refractivity contribution in [2.24, 2.45) is 13.0 Å². The van der Waals surface area contributed by atoms with Crippen LogP contribution in [0.3, 0.4) is 0 Å². The molecule has 22 heavy (non-hydrogen) atoms. The smallest absolute Gasteiger partial charge is 0.228 e. The Kier molecular flexibility index (Phi) is 4.96. The fourth-order valence-corrected chi connectivity index (χ4v) is 2.83. The molecule has 0 aliphatic rings. The molecule has 0 fully saturated rings. The molecular weight excluding hydrogens is 276 g/mol. The van der Waals surface area contributed by atoms with Crippen LogP contribution in [0.5, 0.6) is 0 Å². The SMILES string of the molecule is Cc1nn(C)cc1[C@@H](C)NC(=O)[C@H](c1ccncc1)C(C)C. The van der Waals surface area contributed by atoms with Gasteiger partial charge in [0, 0.05) is 31.2 Å². The number of nitrogens with one attached hydrogen (secondary N) is 1. The van der Waals surface area contributed by atoms with Crippen LogP contribution in [0, 0.1) is 12.8 Å². The molecule has 0 saturated heterocycles. The lowest BCUT2D eigenvalue weighted by Gasteiger charge is -2.23. The normalized spacial score (nSPS) is 13.9. The number of pyridine rings is 1. The van der Waals surface area contributed by atoms with Gasteiger partial charge in [0.2, 0.25) is 5.91 Å². The Hall–Kier alpha value is -2.17. The molecule has 5 heteroatoms. The average Bonchev–Trinajstić information content (AvgIpc) is 2.78. The summed E-state index contributed by atoms with van der Waals surface area (Å²) in [5.41, 5.74) is 2.99. The van der Waals surface area contributed by atoms with E-state index in [1.165, 1.54) is 0 Å². The van der Waals surface area contributed by atoms with Gasteiger partial charge in [0.15, 0.2) is 0 Å². The van der Waals surface area contributed by atoms with E-state index < -0.39 is 0 Å². The zero-order chi connectivity index (χ0) is 16.3. The number of carbonyl (C=O) groups is 1. The number of carbonyl (C=O) groups excluding carboxylic acids is 1. The summed E-state index contributed by atoms with van der Waals surface area (Å²) in [6.07, 6.45) is 5.41. The summed E-state index contributed by atoms with van der Waals surface area (Å²) in [5.74, 6) is 0.0731. The zero-order valence-electron chi connectivity index (χ0n) is 13.9. The molecule has 118 valence electrons. The van der Waals surface area contributed by atoms with E-state index in [1.54, 1.807) is 17.1 Å². The van der Waals surface area contributed by atoms with Gasteiger partial charge in [-0.05, 0) is 37.5 Å². The number of aromatic nitrogens is 3. The third kappa shape index (κ3) is 3.53. The predicted octanol–water partition coefficient (Wildman–Crippen LogP) is 2.74. The van der Waals surface area contributed by atoms with Gasteiger partial charge in [0.25, 0.3) is 0 Å². The van der Waals surface area contributed by atoms with Crippen LogP contribution >= 0.6 is 0 Å². The molecule has 0 aliphatic carbocycles. The van der Waals surface area contributed by atoms with Crippen molar-refractivity contribution < 1.29 is 4.79 Å². The summed E-state index contributed by atoms with van der Waals surface area (Å²) in [6.45, 7) is 8.07. The second kappa shape index (κ2) is 6.73. The molecule has 0 aliphatic heterocycles. The molecule has 0 unspecified atom stereocenters. The summed E-state index contributed by atoms with van der Waals surface area (Å²) < 4.78 is 1.77. The first-order valence-corrected chi connectivity index (χ1v) is 7.60. The van der Waals surface area contributed by atoms with Crippen molar-refractivity contribution >= 4 is 5.91 Å². The van der Waals surface area contributed by atoms with Crippen molar-refractivity contribution in [3.05, 3.63) is 47.5 Å². The van der Waals surface area contributed by atoms with E-state index in [1.807, 2.05) is 39.2 Å². The molecule has 2 rings (SSSR count). The molecule has 2 aromatic heterocycles. The maximum Gasteiger partial charge on any atom is 0.228 e. The molecule has 0 radical (unpaired) electrons. The van der Waals surface area contributed by atoms with E-state index in [9.17, 15) is 4.79 Å². The molecule has 1 amide bonds. The quantitative estimate of drug-likeness (QED) is 0.923. The lowest BCUT2D eigenvalue weighted by Crippen LogP contribution is -2.34. The molecule has 0 bridgehead atoms. The second-order valence-corrected chi connectivity index (χ2v) is 6.08. The molecule has 1 N–H and O–H groups in total. The molecule has 5 nitrogen and oxygen atoms in total. The van der Waals surface area contributed by atoms with Gasteiger partial charge >= 0.3 is 0 Å². The monoisotopic (exact) mass is 300 g/mol. The first-order chi connectivity index (χ1) is 10.4. The van der Waals surface area contributed by atoms with Gasteiger partial charge in [0.1, 0.15) is 0 Å². The highest BCUT2D eigenvalue weighted by atomic mass is 16.2. The van der Waals surface area contributed by atoms with Crippen molar-refractivity contribution in [1.82, 2.24) is 20.1 Å². The van der Waals surface area contributed by atoms with Crippen LogP contribution in [0.4, 0.5) is 0 Å². The van der Waals surface area contributed by atoms with Crippen LogP contribution in [0.1, 0.15) is 49.6 Å². The molecular formula is C17H24N4O. The number of rotatable bonds is 5. The number of hydrogen-bond donors (Lipinski definition) is 1. The average molecular weight is 300 g/mol. The molecule has 2 heterocycles. The Labute approximate surface area is 131 Å². The van der Waals surface area contributed by atoms with Crippen LogP contribution in [-0.4, -0.2) is 20.7 Å². The molecule has 0 spiro atoms. The van der Waals surface area contributed by atoms with Crippen molar-refractivity contribution in [3.8, 4) is 0 Å². The van der Waals surface area contributed by atoms with Gasteiger partial charge in [-0.25, -0.2) is 0 Å². The highest BCUT2D eigenvalue weighted by molar-refractivity contribution is 5.84. The van der Waals surface area contributed by atoms with Crippen molar-refractivity contribution in [3.63, 3.8) is 0 Å². The van der Waals surface area contributed by atoms with Crippen LogP contribution in [0.25, 0.3) is 0 Å².